The van der Waals surface area contributed by atoms with Gasteiger partial charge >= 0.3 is 0 Å². The summed E-state index contributed by atoms with van der Waals surface area (Å²) in [5.74, 6) is -0.598. The molecule has 2 aromatic carbocycles. The van der Waals surface area contributed by atoms with E-state index in [2.05, 4.69) is 5.32 Å². The van der Waals surface area contributed by atoms with Gasteiger partial charge in [0.05, 0.1) is 6.04 Å². The maximum Gasteiger partial charge on any atom is 0.128 e. The third kappa shape index (κ3) is 2.74. The summed E-state index contributed by atoms with van der Waals surface area (Å²) >= 11 is 0. The zero-order chi connectivity index (χ0) is 13.0. The number of nitrogens with one attached hydrogen (secondary N) is 1. The quantitative estimate of drug-likeness (QED) is 0.869. The van der Waals surface area contributed by atoms with Crippen molar-refractivity contribution in [2.75, 3.05) is 6.54 Å². The van der Waals surface area contributed by atoms with Gasteiger partial charge in [0.2, 0.25) is 0 Å². The van der Waals surface area contributed by atoms with Gasteiger partial charge in [0.15, 0.2) is 0 Å². The van der Waals surface area contributed by atoms with Gasteiger partial charge in [-0.2, -0.15) is 0 Å². The first-order valence-corrected chi connectivity index (χ1v) is 5.95. The Morgan fingerprint density at radius 2 is 1.83 bits per heavy atom. The Morgan fingerprint density at radius 1 is 1.06 bits per heavy atom. The zero-order valence-electron chi connectivity index (χ0n) is 10.2. The molecule has 0 spiro atoms. The van der Waals surface area contributed by atoms with Crippen LogP contribution in [0, 0.1) is 11.6 Å². The summed E-state index contributed by atoms with van der Waals surface area (Å²) in [5, 5.41) is 3.18. The first-order chi connectivity index (χ1) is 8.72. The fourth-order valence-electron chi connectivity index (χ4n) is 2.01. The fraction of sp³-hybridized carbons (Fsp3) is 0.200. The number of benzene rings is 2. The molecule has 1 N–H and O–H groups in total. The van der Waals surface area contributed by atoms with E-state index in [1.165, 1.54) is 18.2 Å². The zero-order valence-corrected chi connectivity index (χ0v) is 10.2. The van der Waals surface area contributed by atoms with Crippen molar-refractivity contribution in [2.45, 2.75) is 13.0 Å². The van der Waals surface area contributed by atoms with Gasteiger partial charge in [-0.15, -0.1) is 0 Å². The van der Waals surface area contributed by atoms with Crippen molar-refractivity contribution in [1.82, 2.24) is 5.32 Å². The largest absolute Gasteiger partial charge is 0.306 e. The molecule has 3 heteroatoms. The molecule has 94 valence electrons. The molecule has 0 aromatic heterocycles. The Hall–Kier alpha value is -1.74. The van der Waals surface area contributed by atoms with Crippen LogP contribution in [0.3, 0.4) is 0 Å². The monoisotopic (exact) mass is 247 g/mol. The van der Waals surface area contributed by atoms with Crippen molar-refractivity contribution >= 4 is 0 Å². The highest BCUT2D eigenvalue weighted by molar-refractivity contribution is 5.32. The lowest BCUT2D eigenvalue weighted by Gasteiger charge is -2.19. The Morgan fingerprint density at radius 3 is 2.50 bits per heavy atom. The minimum atomic E-state index is -0.327. The molecule has 0 amide bonds. The van der Waals surface area contributed by atoms with Gasteiger partial charge in [-0.25, -0.2) is 8.78 Å². The summed E-state index contributed by atoms with van der Waals surface area (Å²) in [7, 11) is 0. The van der Waals surface area contributed by atoms with Crippen molar-refractivity contribution in [1.29, 1.82) is 0 Å². The van der Waals surface area contributed by atoms with Crippen LogP contribution in [0.15, 0.2) is 48.5 Å². The van der Waals surface area contributed by atoms with Crippen LogP contribution in [0.1, 0.15) is 24.1 Å². The van der Waals surface area contributed by atoms with E-state index in [4.69, 9.17) is 0 Å². The second-order valence-electron chi connectivity index (χ2n) is 4.07. The van der Waals surface area contributed by atoms with Crippen LogP contribution >= 0.6 is 0 Å². The van der Waals surface area contributed by atoms with Crippen molar-refractivity contribution in [3.8, 4) is 0 Å². The molecule has 0 saturated carbocycles. The van der Waals surface area contributed by atoms with Gasteiger partial charge in [0.25, 0.3) is 0 Å². The number of rotatable bonds is 4. The van der Waals surface area contributed by atoms with E-state index >= 15 is 0 Å². The molecule has 0 bridgehead atoms. The average molecular weight is 247 g/mol. The van der Waals surface area contributed by atoms with Crippen LogP contribution in [0.4, 0.5) is 8.78 Å². The van der Waals surface area contributed by atoms with Gasteiger partial charge in [-0.1, -0.05) is 37.3 Å². The lowest BCUT2D eigenvalue weighted by molar-refractivity contribution is 0.554. The maximum atomic E-state index is 13.8. The van der Waals surface area contributed by atoms with Crippen LogP contribution in [0.5, 0.6) is 0 Å². The minimum Gasteiger partial charge on any atom is -0.306 e. The van der Waals surface area contributed by atoms with E-state index in [0.29, 0.717) is 12.1 Å². The fourth-order valence-corrected chi connectivity index (χ4v) is 2.01. The molecular formula is C15H15F2N. The second kappa shape index (κ2) is 5.74. The molecule has 0 radical (unpaired) electrons. The Labute approximate surface area is 105 Å². The molecule has 0 fully saturated rings. The van der Waals surface area contributed by atoms with Gasteiger partial charge in [-0.3, -0.25) is 0 Å². The summed E-state index contributed by atoms with van der Waals surface area (Å²) in [6.07, 6.45) is 0. The first kappa shape index (κ1) is 12.7. The standard InChI is InChI=1S/C15H15F2N/c1-2-18-15(11-6-5-7-12(16)10-11)13-8-3-4-9-14(13)17/h3-10,15,18H,2H2,1H3. The second-order valence-corrected chi connectivity index (χ2v) is 4.07. The molecule has 0 aliphatic rings. The lowest BCUT2D eigenvalue weighted by atomic mass is 9.98. The molecule has 1 nitrogen and oxygen atoms in total. The molecule has 1 atom stereocenters. The summed E-state index contributed by atoms with van der Waals surface area (Å²) in [5.41, 5.74) is 1.26. The Kier molecular flexibility index (Phi) is 4.05. The molecule has 1 unspecified atom stereocenters. The summed E-state index contributed by atoms with van der Waals surface area (Å²) in [6, 6.07) is 12.5. The molecular weight excluding hydrogens is 232 g/mol. The van der Waals surface area contributed by atoms with Crippen molar-refractivity contribution < 1.29 is 8.78 Å². The third-order valence-electron chi connectivity index (χ3n) is 2.81. The van der Waals surface area contributed by atoms with E-state index in [9.17, 15) is 8.78 Å². The highest BCUT2D eigenvalue weighted by Crippen LogP contribution is 2.24. The van der Waals surface area contributed by atoms with Crippen LogP contribution in [-0.4, -0.2) is 6.54 Å². The number of hydrogen-bond acceptors (Lipinski definition) is 1. The molecule has 0 heterocycles. The third-order valence-corrected chi connectivity index (χ3v) is 2.81. The highest BCUT2D eigenvalue weighted by atomic mass is 19.1. The van der Waals surface area contributed by atoms with Gasteiger partial charge in [-0.05, 0) is 30.3 Å². The predicted molar refractivity (Wildman–Crippen MR) is 68.3 cm³/mol. The molecule has 2 aromatic rings. The van der Waals surface area contributed by atoms with E-state index < -0.39 is 0 Å². The van der Waals surface area contributed by atoms with E-state index in [0.717, 1.165) is 5.56 Å². The van der Waals surface area contributed by atoms with Gasteiger partial charge < -0.3 is 5.32 Å². The first-order valence-electron chi connectivity index (χ1n) is 5.95. The topological polar surface area (TPSA) is 12.0 Å². The van der Waals surface area contributed by atoms with Gasteiger partial charge in [0.1, 0.15) is 11.6 Å². The van der Waals surface area contributed by atoms with Crippen LogP contribution in [0.2, 0.25) is 0 Å². The average Bonchev–Trinajstić information content (AvgIpc) is 2.37. The normalized spacial score (nSPS) is 12.4. The van der Waals surface area contributed by atoms with E-state index in [1.54, 1.807) is 30.3 Å². The summed E-state index contributed by atoms with van der Waals surface area (Å²) in [4.78, 5) is 0. The Balaban J connectivity index is 2.43. The van der Waals surface area contributed by atoms with Crippen molar-refractivity contribution in [2.24, 2.45) is 0 Å². The highest BCUT2D eigenvalue weighted by Gasteiger charge is 2.16. The van der Waals surface area contributed by atoms with Crippen LogP contribution in [-0.2, 0) is 0 Å². The predicted octanol–water partition coefficient (Wildman–Crippen LogP) is 3.66. The smallest absolute Gasteiger partial charge is 0.128 e. The van der Waals surface area contributed by atoms with Crippen LogP contribution in [0.25, 0.3) is 0 Å². The van der Waals surface area contributed by atoms with Gasteiger partial charge in [0, 0.05) is 5.56 Å². The lowest BCUT2D eigenvalue weighted by Crippen LogP contribution is -2.23. The van der Waals surface area contributed by atoms with E-state index in [1.807, 2.05) is 6.92 Å². The van der Waals surface area contributed by atoms with Crippen molar-refractivity contribution in [3.05, 3.63) is 71.3 Å². The number of hydrogen-bond donors (Lipinski definition) is 1. The summed E-state index contributed by atoms with van der Waals surface area (Å²) in [6.45, 7) is 2.61. The van der Waals surface area contributed by atoms with Crippen LogP contribution < -0.4 is 5.32 Å². The SMILES string of the molecule is CCNC(c1cccc(F)c1)c1ccccc1F. The Bertz CT molecular complexity index is 525. The van der Waals surface area contributed by atoms with Crippen molar-refractivity contribution in [3.63, 3.8) is 0 Å². The maximum absolute atomic E-state index is 13.8. The minimum absolute atomic E-state index is 0.285. The molecule has 2 rings (SSSR count). The summed E-state index contributed by atoms with van der Waals surface area (Å²) < 4.78 is 27.1. The van der Waals surface area contributed by atoms with E-state index in [-0.39, 0.29) is 17.7 Å². The number of halogens is 2. The molecule has 0 aliphatic heterocycles. The molecule has 0 saturated heterocycles. The molecule has 18 heavy (non-hydrogen) atoms. The molecule has 0 aliphatic carbocycles.